The Bertz CT molecular complexity index is 170. The predicted octanol–water partition coefficient (Wildman–Crippen LogP) is 2.16. The largest absolute Gasteiger partial charge is 0.464 e. The summed E-state index contributed by atoms with van der Waals surface area (Å²) < 4.78 is 15.6. The van der Waals surface area contributed by atoms with Crippen LogP contribution in [0.5, 0.6) is 0 Å². The molecule has 96 valence electrons. The fraction of sp³-hybridized carbons (Fsp3) is 0.917. The first-order valence-corrected chi connectivity index (χ1v) is 6.12. The minimum Gasteiger partial charge on any atom is -0.464 e. The molecule has 0 saturated heterocycles. The van der Waals surface area contributed by atoms with E-state index in [2.05, 4.69) is 6.92 Å². The third kappa shape index (κ3) is 7.65. The van der Waals surface area contributed by atoms with E-state index in [0.717, 1.165) is 19.4 Å². The summed E-state index contributed by atoms with van der Waals surface area (Å²) in [5.41, 5.74) is 0. The van der Waals surface area contributed by atoms with Gasteiger partial charge in [-0.15, -0.1) is 0 Å². The van der Waals surface area contributed by atoms with Crippen molar-refractivity contribution in [3.63, 3.8) is 0 Å². The van der Waals surface area contributed by atoms with Crippen molar-refractivity contribution in [3.05, 3.63) is 0 Å². The van der Waals surface area contributed by atoms with E-state index in [0.29, 0.717) is 26.2 Å². The standard InChI is InChI=1S/C12H24O4/c1-4-7-8-14-9-10-16-11(5-2)12(13)15-6-3/h11H,4-10H2,1-3H3. The number of unbranched alkanes of at least 4 members (excludes halogenated alkanes) is 1. The van der Waals surface area contributed by atoms with Crippen LogP contribution < -0.4 is 0 Å². The lowest BCUT2D eigenvalue weighted by Crippen LogP contribution is -2.27. The molecule has 0 aromatic rings. The van der Waals surface area contributed by atoms with Crippen LogP contribution in [-0.4, -0.2) is 38.5 Å². The van der Waals surface area contributed by atoms with Crippen molar-refractivity contribution in [3.8, 4) is 0 Å². The topological polar surface area (TPSA) is 44.8 Å². The molecule has 0 N–H and O–H groups in total. The second-order valence-electron chi connectivity index (χ2n) is 3.49. The van der Waals surface area contributed by atoms with E-state index in [9.17, 15) is 4.79 Å². The molecule has 0 aliphatic carbocycles. The van der Waals surface area contributed by atoms with Crippen LogP contribution in [-0.2, 0) is 19.0 Å². The maximum atomic E-state index is 11.4. The maximum absolute atomic E-state index is 11.4. The van der Waals surface area contributed by atoms with Gasteiger partial charge in [0.2, 0.25) is 0 Å². The van der Waals surface area contributed by atoms with Gasteiger partial charge >= 0.3 is 5.97 Å². The number of hydrogen-bond acceptors (Lipinski definition) is 4. The zero-order valence-corrected chi connectivity index (χ0v) is 10.7. The Kier molecular flexibility index (Phi) is 10.5. The highest BCUT2D eigenvalue weighted by molar-refractivity contribution is 5.74. The van der Waals surface area contributed by atoms with Crippen molar-refractivity contribution < 1.29 is 19.0 Å². The molecule has 0 saturated carbocycles. The quantitative estimate of drug-likeness (QED) is 0.428. The van der Waals surface area contributed by atoms with Crippen molar-refractivity contribution in [2.75, 3.05) is 26.4 Å². The molecule has 4 nitrogen and oxygen atoms in total. The number of esters is 1. The molecule has 4 heteroatoms. The second kappa shape index (κ2) is 10.9. The van der Waals surface area contributed by atoms with Gasteiger partial charge in [-0.05, 0) is 19.8 Å². The van der Waals surface area contributed by atoms with Crippen molar-refractivity contribution in [1.29, 1.82) is 0 Å². The molecular formula is C12H24O4. The van der Waals surface area contributed by atoms with E-state index in [1.807, 2.05) is 6.92 Å². The van der Waals surface area contributed by atoms with Gasteiger partial charge in [0.25, 0.3) is 0 Å². The molecule has 0 spiro atoms. The van der Waals surface area contributed by atoms with Gasteiger partial charge in [-0.3, -0.25) is 0 Å². The third-order valence-electron chi connectivity index (χ3n) is 2.11. The van der Waals surface area contributed by atoms with Gasteiger partial charge in [0.05, 0.1) is 19.8 Å². The van der Waals surface area contributed by atoms with Crippen LogP contribution in [0.2, 0.25) is 0 Å². The van der Waals surface area contributed by atoms with Crippen molar-refractivity contribution >= 4 is 5.97 Å². The van der Waals surface area contributed by atoms with Crippen LogP contribution in [0.3, 0.4) is 0 Å². The van der Waals surface area contributed by atoms with E-state index in [-0.39, 0.29) is 5.97 Å². The van der Waals surface area contributed by atoms with Gasteiger partial charge in [-0.1, -0.05) is 20.3 Å². The van der Waals surface area contributed by atoms with Crippen LogP contribution in [0, 0.1) is 0 Å². The number of carbonyl (C=O) groups is 1. The summed E-state index contributed by atoms with van der Waals surface area (Å²) in [6, 6.07) is 0. The van der Waals surface area contributed by atoms with E-state index in [1.165, 1.54) is 0 Å². The predicted molar refractivity (Wildman–Crippen MR) is 62.4 cm³/mol. The van der Waals surface area contributed by atoms with Gasteiger partial charge < -0.3 is 14.2 Å². The number of carbonyl (C=O) groups excluding carboxylic acids is 1. The Labute approximate surface area is 98.3 Å². The molecule has 0 aromatic carbocycles. The van der Waals surface area contributed by atoms with Crippen LogP contribution >= 0.6 is 0 Å². The first-order valence-electron chi connectivity index (χ1n) is 6.12. The molecule has 16 heavy (non-hydrogen) atoms. The third-order valence-corrected chi connectivity index (χ3v) is 2.11. The Balaban J connectivity index is 3.51. The molecule has 0 rings (SSSR count). The zero-order chi connectivity index (χ0) is 12.2. The van der Waals surface area contributed by atoms with Gasteiger partial charge in [-0.25, -0.2) is 4.79 Å². The molecule has 0 radical (unpaired) electrons. The lowest BCUT2D eigenvalue weighted by molar-refractivity contribution is -0.157. The van der Waals surface area contributed by atoms with Crippen LogP contribution in [0.25, 0.3) is 0 Å². The van der Waals surface area contributed by atoms with Gasteiger partial charge in [-0.2, -0.15) is 0 Å². The molecule has 0 fully saturated rings. The summed E-state index contributed by atoms with van der Waals surface area (Å²) in [4.78, 5) is 11.4. The van der Waals surface area contributed by atoms with Crippen LogP contribution in [0.1, 0.15) is 40.0 Å². The van der Waals surface area contributed by atoms with E-state index >= 15 is 0 Å². The Morgan fingerprint density at radius 3 is 2.44 bits per heavy atom. The smallest absolute Gasteiger partial charge is 0.335 e. The molecule has 0 bridgehead atoms. The molecule has 1 atom stereocenters. The number of ether oxygens (including phenoxy) is 3. The first kappa shape index (κ1) is 15.4. The summed E-state index contributed by atoms with van der Waals surface area (Å²) in [6.07, 6.45) is 2.37. The highest BCUT2D eigenvalue weighted by Crippen LogP contribution is 2.01. The Hall–Kier alpha value is -0.610. The van der Waals surface area contributed by atoms with Crippen molar-refractivity contribution in [2.45, 2.75) is 46.1 Å². The molecule has 0 aromatic heterocycles. The lowest BCUT2D eigenvalue weighted by atomic mass is 10.3. The minimum atomic E-state index is -0.449. The van der Waals surface area contributed by atoms with Crippen LogP contribution in [0.15, 0.2) is 0 Å². The SMILES string of the molecule is CCCCOCCOC(CC)C(=O)OCC. The monoisotopic (exact) mass is 232 g/mol. The zero-order valence-electron chi connectivity index (χ0n) is 10.7. The van der Waals surface area contributed by atoms with Crippen molar-refractivity contribution in [2.24, 2.45) is 0 Å². The molecule has 0 heterocycles. The van der Waals surface area contributed by atoms with Crippen LogP contribution in [0.4, 0.5) is 0 Å². The summed E-state index contributed by atoms with van der Waals surface area (Å²) in [7, 11) is 0. The average Bonchev–Trinajstić information content (AvgIpc) is 2.28. The van der Waals surface area contributed by atoms with Gasteiger partial charge in [0, 0.05) is 6.61 Å². The average molecular weight is 232 g/mol. The number of hydrogen-bond donors (Lipinski definition) is 0. The summed E-state index contributed by atoms with van der Waals surface area (Å²) in [5, 5.41) is 0. The fourth-order valence-corrected chi connectivity index (χ4v) is 1.19. The minimum absolute atomic E-state index is 0.279. The molecule has 0 amide bonds. The maximum Gasteiger partial charge on any atom is 0.335 e. The van der Waals surface area contributed by atoms with E-state index < -0.39 is 6.10 Å². The summed E-state index contributed by atoms with van der Waals surface area (Å²) in [5.74, 6) is -0.279. The number of rotatable bonds is 10. The summed E-state index contributed by atoms with van der Waals surface area (Å²) in [6.45, 7) is 7.95. The van der Waals surface area contributed by atoms with Gasteiger partial charge in [0.1, 0.15) is 0 Å². The fourth-order valence-electron chi connectivity index (χ4n) is 1.19. The van der Waals surface area contributed by atoms with Crippen molar-refractivity contribution in [1.82, 2.24) is 0 Å². The molecule has 0 aliphatic heterocycles. The summed E-state index contributed by atoms with van der Waals surface area (Å²) >= 11 is 0. The highest BCUT2D eigenvalue weighted by Gasteiger charge is 2.17. The highest BCUT2D eigenvalue weighted by atomic mass is 16.6. The Morgan fingerprint density at radius 1 is 1.12 bits per heavy atom. The molecular weight excluding hydrogens is 208 g/mol. The second-order valence-corrected chi connectivity index (χ2v) is 3.49. The van der Waals surface area contributed by atoms with Gasteiger partial charge in [0.15, 0.2) is 6.10 Å². The Morgan fingerprint density at radius 2 is 1.88 bits per heavy atom. The van der Waals surface area contributed by atoms with E-state index in [1.54, 1.807) is 6.92 Å². The lowest BCUT2D eigenvalue weighted by Gasteiger charge is -2.14. The normalized spacial score (nSPS) is 12.4. The molecule has 0 aliphatic rings. The van der Waals surface area contributed by atoms with E-state index in [4.69, 9.17) is 14.2 Å². The molecule has 1 unspecified atom stereocenters. The first-order chi connectivity index (χ1) is 7.76.